The molecule has 0 aromatic rings. The highest BCUT2D eigenvalue weighted by molar-refractivity contribution is 4.68. The van der Waals surface area contributed by atoms with E-state index in [4.69, 9.17) is 4.74 Å². The summed E-state index contributed by atoms with van der Waals surface area (Å²) in [5, 5.41) is 6.45. The van der Waals surface area contributed by atoms with Crippen LogP contribution in [-0.4, -0.2) is 32.5 Å². The number of nitrogens with one attached hydrogen (secondary N) is 2. The normalized spacial score (nSPS) is 25.5. The molecule has 1 heterocycles. The molecule has 10 heavy (non-hydrogen) atoms. The van der Waals surface area contributed by atoms with Crippen LogP contribution in [0.4, 0.5) is 0 Å². The number of rotatable bonds is 4. The summed E-state index contributed by atoms with van der Waals surface area (Å²) in [6, 6.07) is 0. The van der Waals surface area contributed by atoms with Gasteiger partial charge in [-0.25, -0.2) is 0 Å². The highest BCUT2D eigenvalue weighted by Gasteiger charge is 2.12. The molecule has 1 atom stereocenters. The fraction of sp³-hybridized carbons (Fsp3) is 1.00. The molecule has 3 heteroatoms. The quantitative estimate of drug-likeness (QED) is 0.542. The average Bonchev–Trinajstić information content (AvgIpc) is 2.41. The van der Waals surface area contributed by atoms with Crippen molar-refractivity contribution in [3.8, 4) is 0 Å². The van der Waals surface area contributed by atoms with Crippen molar-refractivity contribution >= 4 is 0 Å². The Kier molecular flexibility index (Phi) is 3.72. The second-order valence-electron chi connectivity index (χ2n) is 2.59. The smallest absolute Gasteiger partial charge is 0.0971 e. The fourth-order valence-corrected chi connectivity index (χ4v) is 1.03. The van der Waals surface area contributed by atoms with Gasteiger partial charge in [0.25, 0.3) is 0 Å². The molecule has 0 aliphatic carbocycles. The molecule has 0 bridgehead atoms. The molecule has 1 aliphatic heterocycles. The molecule has 1 unspecified atom stereocenters. The van der Waals surface area contributed by atoms with Gasteiger partial charge in [-0.05, 0) is 13.0 Å². The summed E-state index contributed by atoms with van der Waals surface area (Å²) in [5.74, 6) is 0. The van der Waals surface area contributed by atoms with Crippen molar-refractivity contribution in [3.05, 3.63) is 0 Å². The molecule has 1 rings (SSSR count). The summed E-state index contributed by atoms with van der Waals surface area (Å²) in [4.78, 5) is 0. The van der Waals surface area contributed by atoms with E-state index >= 15 is 0 Å². The number of hydrogen-bond acceptors (Lipinski definition) is 3. The van der Waals surface area contributed by atoms with Crippen LogP contribution in [0.15, 0.2) is 0 Å². The van der Waals surface area contributed by atoms with Crippen LogP contribution in [-0.2, 0) is 4.74 Å². The molecule has 0 aromatic carbocycles. The second kappa shape index (κ2) is 4.66. The van der Waals surface area contributed by atoms with Crippen molar-refractivity contribution in [2.45, 2.75) is 19.4 Å². The first-order chi connectivity index (χ1) is 4.93. The second-order valence-corrected chi connectivity index (χ2v) is 2.59. The summed E-state index contributed by atoms with van der Waals surface area (Å²) in [7, 11) is 0. The Hall–Kier alpha value is -0.120. The lowest BCUT2D eigenvalue weighted by molar-refractivity contribution is 0.112. The lowest BCUT2D eigenvalue weighted by Gasteiger charge is -2.07. The maximum absolute atomic E-state index is 5.33. The Morgan fingerprint density at radius 3 is 3.20 bits per heavy atom. The third-order valence-corrected chi connectivity index (χ3v) is 1.59. The largest absolute Gasteiger partial charge is 0.360 e. The molecule has 0 spiro atoms. The first-order valence-electron chi connectivity index (χ1n) is 3.96. The molecule has 0 radical (unpaired) electrons. The van der Waals surface area contributed by atoms with E-state index in [0.29, 0.717) is 6.10 Å². The molecule has 0 aromatic heterocycles. The van der Waals surface area contributed by atoms with Crippen LogP contribution in [0.3, 0.4) is 0 Å². The van der Waals surface area contributed by atoms with Gasteiger partial charge in [0.1, 0.15) is 0 Å². The Balaban J connectivity index is 1.91. The van der Waals surface area contributed by atoms with Crippen LogP contribution < -0.4 is 10.6 Å². The minimum absolute atomic E-state index is 0.395. The Bertz CT molecular complexity index is 81.7. The highest BCUT2D eigenvalue weighted by atomic mass is 16.5. The molecule has 1 aliphatic rings. The molecule has 1 fully saturated rings. The first kappa shape index (κ1) is 7.98. The van der Waals surface area contributed by atoms with Crippen LogP contribution in [0.25, 0.3) is 0 Å². The summed E-state index contributed by atoms with van der Waals surface area (Å²) in [5.41, 5.74) is 0. The van der Waals surface area contributed by atoms with E-state index in [-0.39, 0.29) is 0 Å². The SMILES string of the molecule is CCCNCC1CNCO1. The predicted octanol–water partition coefficient (Wildman–Crippen LogP) is -0.0681. The summed E-state index contributed by atoms with van der Waals surface area (Å²) < 4.78 is 5.33. The molecule has 1 saturated heterocycles. The van der Waals surface area contributed by atoms with Crippen molar-refractivity contribution in [3.63, 3.8) is 0 Å². The lowest BCUT2D eigenvalue weighted by Crippen LogP contribution is -2.29. The van der Waals surface area contributed by atoms with E-state index < -0.39 is 0 Å². The fourth-order valence-electron chi connectivity index (χ4n) is 1.03. The van der Waals surface area contributed by atoms with Gasteiger partial charge < -0.3 is 10.1 Å². The molecular formula is C7H16N2O. The van der Waals surface area contributed by atoms with Crippen molar-refractivity contribution in [2.75, 3.05) is 26.4 Å². The van der Waals surface area contributed by atoms with E-state index in [1.165, 1.54) is 6.42 Å². The van der Waals surface area contributed by atoms with Gasteiger partial charge in [-0.3, -0.25) is 5.32 Å². The van der Waals surface area contributed by atoms with Gasteiger partial charge in [0, 0.05) is 13.1 Å². The van der Waals surface area contributed by atoms with Crippen molar-refractivity contribution in [1.82, 2.24) is 10.6 Å². The van der Waals surface area contributed by atoms with Crippen LogP contribution in [0, 0.1) is 0 Å². The van der Waals surface area contributed by atoms with Crippen molar-refractivity contribution < 1.29 is 4.74 Å². The highest BCUT2D eigenvalue weighted by Crippen LogP contribution is 1.93. The third kappa shape index (κ3) is 2.64. The Labute approximate surface area is 62.1 Å². The Morgan fingerprint density at radius 1 is 1.70 bits per heavy atom. The molecule has 0 saturated carbocycles. The average molecular weight is 144 g/mol. The van der Waals surface area contributed by atoms with Gasteiger partial charge in [-0.2, -0.15) is 0 Å². The number of ether oxygens (including phenoxy) is 1. The van der Waals surface area contributed by atoms with Crippen molar-refractivity contribution in [2.24, 2.45) is 0 Å². The van der Waals surface area contributed by atoms with Crippen LogP contribution in [0.5, 0.6) is 0 Å². The van der Waals surface area contributed by atoms with Crippen LogP contribution >= 0.6 is 0 Å². The molecule has 0 amide bonds. The maximum Gasteiger partial charge on any atom is 0.0971 e. The van der Waals surface area contributed by atoms with Gasteiger partial charge in [-0.1, -0.05) is 6.92 Å². The van der Waals surface area contributed by atoms with Crippen LogP contribution in [0.2, 0.25) is 0 Å². The van der Waals surface area contributed by atoms with Gasteiger partial charge >= 0.3 is 0 Å². The molecule has 60 valence electrons. The van der Waals surface area contributed by atoms with Crippen LogP contribution in [0.1, 0.15) is 13.3 Å². The molecule has 3 nitrogen and oxygen atoms in total. The van der Waals surface area contributed by atoms with E-state index in [0.717, 1.165) is 26.4 Å². The summed E-state index contributed by atoms with van der Waals surface area (Å²) >= 11 is 0. The van der Waals surface area contributed by atoms with Gasteiger partial charge in [0.05, 0.1) is 12.8 Å². The van der Waals surface area contributed by atoms with Gasteiger partial charge in [-0.15, -0.1) is 0 Å². The topological polar surface area (TPSA) is 33.3 Å². The van der Waals surface area contributed by atoms with Crippen molar-refractivity contribution in [1.29, 1.82) is 0 Å². The minimum Gasteiger partial charge on any atom is -0.360 e. The summed E-state index contributed by atoms with van der Waals surface area (Å²) in [6.07, 6.45) is 1.59. The lowest BCUT2D eigenvalue weighted by atomic mass is 10.3. The zero-order valence-corrected chi connectivity index (χ0v) is 6.52. The third-order valence-electron chi connectivity index (χ3n) is 1.59. The van der Waals surface area contributed by atoms with E-state index in [9.17, 15) is 0 Å². The van der Waals surface area contributed by atoms with E-state index in [2.05, 4.69) is 17.6 Å². The minimum atomic E-state index is 0.395. The Morgan fingerprint density at radius 2 is 2.60 bits per heavy atom. The first-order valence-corrected chi connectivity index (χ1v) is 3.96. The summed E-state index contributed by atoms with van der Waals surface area (Å²) in [6.45, 7) is 5.97. The zero-order valence-electron chi connectivity index (χ0n) is 6.52. The number of hydrogen-bond donors (Lipinski definition) is 2. The van der Waals surface area contributed by atoms with E-state index in [1.54, 1.807) is 0 Å². The standard InChI is InChI=1S/C7H16N2O/c1-2-3-8-4-7-5-9-6-10-7/h7-9H,2-6H2,1H3. The molecule has 2 N–H and O–H groups in total. The maximum atomic E-state index is 5.33. The van der Waals surface area contributed by atoms with Gasteiger partial charge in [0.15, 0.2) is 0 Å². The van der Waals surface area contributed by atoms with E-state index in [1.807, 2.05) is 0 Å². The predicted molar refractivity (Wildman–Crippen MR) is 40.9 cm³/mol. The zero-order chi connectivity index (χ0) is 7.23. The molecular weight excluding hydrogens is 128 g/mol. The van der Waals surface area contributed by atoms with Gasteiger partial charge in [0.2, 0.25) is 0 Å². The monoisotopic (exact) mass is 144 g/mol.